The average Bonchev–Trinajstić information content (AvgIpc) is 2.06. The van der Waals surface area contributed by atoms with Crippen molar-refractivity contribution in [1.29, 1.82) is 0 Å². The Morgan fingerprint density at radius 2 is 2.27 bits per heavy atom. The van der Waals surface area contributed by atoms with Crippen molar-refractivity contribution in [3.05, 3.63) is 0 Å². The van der Waals surface area contributed by atoms with E-state index in [1.807, 2.05) is 0 Å². The zero-order valence-electron chi connectivity index (χ0n) is 6.70. The minimum absolute atomic E-state index is 0.650. The van der Waals surface area contributed by atoms with Crippen molar-refractivity contribution in [2.75, 3.05) is 24.6 Å². The third-order valence-corrected chi connectivity index (χ3v) is 4.32. The highest BCUT2D eigenvalue weighted by molar-refractivity contribution is 7.99. The molecule has 0 bridgehead atoms. The molecule has 0 aromatic carbocycles. The number of hydrogen-bond donors (Lipinski definition) is 1. The fraction of sp³-hybridized carbons (Fsp3) is 1.00. The maximum Gasteiger partial charge on any atom is 0.0303 e. The molecule has 2 heterocycles. The summed E-state index contributed by atoms with van der Waals surface area (Å²) in [5.74, 6) is 2.64. The van der Waals surface area contributed by atoms with Gasteiger partial charge in [0.1, 0.15) is 0 Å². The van der Waals surface area contributed by atoms with Crippen LogP contribution in [0, 0.1) is 0 Å². The summed E-state index contributed by atoms with van der Waals surface area (Å²) in [6, 6.07) is 0.783. The van der Waals surface area contributed by atoms with Crippen molar-refractivity contribution in [2.24, 2.45) is 0 Å². The molecule has 2 unspecified atom stereocenters. The largest absolute Gasteiger partial charge is 0.298 e. The van der Waals surface area contributed by atoms with Crippen LogP contribution >= 0.6 is 24.4 Å². The van der Waals surface area contributed by atoms with E-state index in [1.165, 1.54) is 37.4 Å². The third kappa shape index (κ3) is 1.70. The summed E-state index contributed by atoms with van der Waals surface area (Å²) in [4.78, 5) is 2.62. The van der Waals surface area contributed by atoms with Gasteiger partial charge in [-0.1, -0.05) is 0 Å². The summed E-state index contributed by atoms with van der Waals surface area (Å²) in [6.07, 6.45) is 2.68. The highest BCUT2D eigenvalue weighted by Gasteiger charge is 2.30. The van der Waals surface area contributed by atoms with Gasteiger partial charge in [0.25, 0.3) is 0 Å². The van der Waals surface area contributed by atoms with Gasteiger partial charge in [0.05, 0.1) is 0 Å². The molecule has 0 amide bonds. The van der Waals surface area contributed by atoms with Gasteiger partial charge in [0.2, 0.25) is 0 Å². The molecule has 2 fully saturated rings. The fourth-order valence-electron chi connectivity index (χ4n) is 1.99. The Labute approximate surface area is 78.3 Å². The quantitative estimate of drug-likeness (QED) is 0.575. The van der Waals surface area contributed by atoms with Crippen LogP contribution in [0.2, 0.25) is 0 Å². The number of thioether (sulfide) groups is 1. The minimum atomic E-state index is 0.650. The molecule has 2 saturated heterocycles. The molecule has 3 heteroatoms. The fourth-order valence-corrected chi connectivity index (χ4v) is 3.82. The molecule has 64 valence electrons. The molecular formula is C8H15NS2. The second kappa shape index (κ2) is 3.58. The van der Waals surface area contributed by atoms with Crippen molar-refractivity contribution >= 4 is 24.4 Å². The molecule has 0 spiro atoms. The number of fused-ring (bicyclic) bond motifs is 1. The topological polar surface area (TPSA) is 3.24 Å². The highest BCUT2D eigenvalue weighted by Crippen LogP contribution is 2.28. The molecule has 0 radical (unpaired) electrons. The zero-order valence-corrected chi connectivity index (χ0v) is 8.41. The van der Waals surface area contributed by atoms with E-state index in [-0.39, 0.29) is 0 Å². The van der Waals surface area contributed by atoms with Crippen LogP contribution in [0.25, 0.3) is 0 Å². The SMILES string of the molecule is SC1CCCN2CCSCC12. The Morgan fingerprint density at radius 1 is 1.36 bits per heavy atom. The van der Waals surface area contributed by atoms with Crippen LogP contribution in [-0.4, -0.2) is 40.8 Å². The van der Waals surface area contributed by atoms with Crippen molar-refractivity contribution < 1.29 is 0 Å². The molecule has 0 saturated carbocycles. The number of rotatable bonds is 0. The number of thiol groups is 1. The number of nitrogens with zero attached hydrogens (tertiary/aromatic N) is 1. The van der Waals surface area contributed by atoms with Crippen LogP contribution in [0.4, 0.5) is 0 Å². The van der Waals surface area contributed by atoms with E-state index >= 15 is 0 Å². The standard InChI is InChI=1S/C8H15NS2/c10-8-2-1-3-9-4-5-11-6-7(8)9/h7-8,10H,1-6H2. The first kappa shape index (κ1) is 8.27. The van der Waals surface area contributed by atoms with E-state index in [2.05, 4.69) is 29.3 Å². The van der Waals surface area contributed by atoms with Gasteiger partial charge in [0.15, 0.2) is 0 Å². The maximum atomic E-state index is 4.63. The summed E-state index contributed by atoms with van der Waals surface area (Å²) in [5.41, 5.74) is 0. The molecule has 11 heavy (non-hydrogen) atoms. The van der Waals surface area contributed by atoms with Gasteiger partial charge >= 0.3 is 0 Å². The minimum Gasteiger partial charge on any atom is -0.298 e. The summed E-state index contributed by atoms with van der Waals surface area (Å²) in [5, 5.41) is 0.650. The lowest BCUT2D eigenvalue weighted by atomic mass is 10.0. The molecular weight excluding hydrogens is 174 g/mol. The van der Waals surface area contributed by atoms with Gasteiger partial charge in [0, 0.05) is 29.3 Å². The predicted octanol–water partition coefficient (Wildman–Crippen LogP) is 1.50. The lowest BCUT2D eigenvalue weighted by molar-refractivity contribution is 0.176. The second-order valence-electron chi connectivity index (χ2n) is 3.39. The molecule has 0 aromatic rings. The van der Waals surface area contributed by atoms with E-state index in [1.54, 1.807) is 0 Å². The van der Waals surface area contributed by atoms with Crippen LogP contribution in [-0.2, 0) is 0 Å². The lowest BCUT2D eigenvalue weighted by Crippen LogP contribution is -2.50. The van der Waals surface area contributed by atoms with Gasteiger partial charge in [-0.2, -0.15) is 24.4 Å². The normalized spacial score (nSPS) is 40.1. The van der Waals surface area contributed by atoms with Crippen LogP contribution in [0.5, 0.6) is 0 Å². The van der Waals surface area contributed by atoms with Gasteiger partial charge in [-0.15, -0.1) is 0 Å². The maximum absolute atomic E-state index is 4.63. The number of hydrogen-bond acceptors (Lipinski definition) is 3. The van der Waals surface area contributed by atoms with Crippen LogP contribution in [0.1, 0.15) is 12.8 Å². The highest BCUT2D eigenvalue weighted by atomic mass is 32.2. The average molecular weight is 189 g/mol. The van der Waals surface area contributed by atoms with Gasteiger partial charge in [-0.05, 0) is 19.4 Å². The second-order valence-corrected chi connectivity index (χ2v) is 5.20. The molecule has 0 aliphatic carbocycles. The summed E-state index contributed by atoms with van der Waals surface area (Å²) in [6.45, 7) is 2.62. The summed E-state index contributed by atoms with van der Waals surface area (Å²) >= 11 is 6.72. The van der Waals surface area contributed by atoms with Crippen LogP contribution in [0.3, 0.4) is 0 Å². The lowest BCUT2D eigenvalue weighted by Gasteiger charge is -2.42. The smallest absolute Gasteiger partial charge is 0.0303 e. The summed E-state index contributed by atoms with van der Waals surface area (Å²) < 4.78 is 0. The van der Waals surface area contributed by atoms with Gasteiger partial charge in [-0.25, -0.2) is 0 Å². The molecule has 2 rings (SSSR count). The Morgan fingerprint density at radius 3 is 3.09 bits per heavy atom. The predicted molar refractivity (Wildman–Crippen MR) is 54.7 cm³/mol. The first-order chi connectivity index (χ1) is 5.38. The van der Waals surface area contributed by atoms with Crippen molar-refractivity contribution in [3.63, 3.8) is 0 Å². The van der Waals surface area contributed by atoms with E-state index in [9.17, 15) is 0 Å². The van der Waals surface area contributed by atoms with Crippen LogP contribution in [0.15, 0.2) is 0 Å². The summed E-state index contributed by atoms with van der Waals surface area (Å²) in [7, 11) is 0. The van der Waals surface area contributed by atoms with E-state index in [0.717, 1.165) is 6.04 Å². The molecule has 2 atom stereocenters. The van der Waals surface area contributed by atoms with Crippen molar-refractivity contribution in [3.8, 4) is 0 Å². The molecule has 2 aliphatic rings. The van der Waals surface area contributed by atoms with Gasteiger partial charge in [-0.3, -0.25) is 4.90 Å². The van der Waals surface area contributed by atoms with E-state index in [4.69, 9.17) is 0 Å². The first-order valence-corrected chi connectivity index (χ1v) is 6.05. The molecule has 1 nitrogen and oxygen atoms in total. The van der Waals surface area contributed by atoms with Crippen LogP contribution < -0.4 is 0 Å². The van der Waals surface area contributed by atoms with Crippen molar-refractivity contribution in [2.45, 2.75) is 24.1 Å². The van der Waals surface area contributed by atoms with E-state index < -0.39 is 0 Å². The Hall–Kier alpha value is 0.660. The first-order valence-electron chi connectivity index (χ1n) is 4.38. The Balaban J connectivity index is 1.99. The third-order valence-electron chi connectivity index (χ3n) is 2.67. The van der Waals surface area contributed by atoms with Crippen molar-refractivity contribution in [1.82, 2.24) is 4.90 Å². The zero-order chi connectivity index (χ0) is 7.68. The molecule has 2 aliphatic heterocycles. The monoisotopic (exact) mass is 189 g/mol. The molecule has 0 aromatic heterocycles. The number of piperidine rings is 1. The Bertz CT molecular complexity index is 138. The molecule has 0 N–H and O–H groups in total. The van der Waals surface area contributed by atoms with E-state index in [0.29, 0.717) is 5.25 Å². The van der Waals surface area contributed by atoms with Gasteiger partial charge < -0.3 is 0 Å². The Kier molecular flexibility index (Phi) is 2.69.